The summed E-state index contributed by atoms with van der Waals surface area (Å²) in [5.41, 5.74) is 2.37. The molecule has 5 heteroatoms. The van der Waals surface area contributed by atoms with Gasteiger partial charge in [0.1, 0.15) is 0 Å². The highest BCUT2D eigenvalue weighted by Crippen LogP contribution is 2.24. The van der Waals surface area contributed by atoms with Crippen LogP contribution in [0.3, 0.4) is 0 Å². The summed E-state index contributed by atoms with van der Waals surface area (Å²) < 4.78 is 5.40. The lowest BCUT2D eigenvalue weighted by Crippen LogP contribution is -2.36. The molecule has 1 aliphatic heterocycles. The fourth-order valence-corrected chi connectivity index (χ4v) is 4.05. The number of ether oxygens (including phenoxy) is 1. The molecule has 2 aromatic carbocycles. The molecular formula is C21H26N2O2S. The maximum Gasteiger partial charge on any atom is 0.235 e. The van der Waals surface area contributed by atoms with Crippen molar-refractivity contribution in [2.45, 2.75) is 23.6 Å². The highest BCUT2D eigenvalue weighted by atomic mass is 32.2. The summed E-state index contributed by atoms with van der Waals surface area (Å²) in [6, 6.07) is 18.6. The van der Waals surface area contributed by atoms with Crippen molar-refractivity contribution in [2.24, 2.45) is 0 Å². The minimum Gasteiger partial charge on any atom is -0.378 e. The van der Waals surface area contributed by atoms with Crippen LogP contribution < -0.4 is 4.90 Å². The van der Waals surface area contributed by atoms with Gasteiger partial charge in [0, 0.05) is 37.3 Å². The molecule has 0 aromatic heterocycles. The van der Waals surface area contributed by atoms with Crippen molar-refractivity contribution in [3.63, 3.8) is 0 Å². The Morgan fingerprint density at radius 2 is 1.77 bits per heavy atom. The maximum absolute atomic E-state index is 12.6. The van der Waals surface area contributed by atoms with E-state index in [0.717, 1.165) is 36.8 Å². The van der Waals surface area contributed by atoms with Gasteiger partial charge in [0.05, 0.1) is 18.5 Å². The Balaban J connectivity index is 1.54. The Kier molecular flexibility index (Phi) is 6.58. The van der Waals surface area contributed by atoms with Gasteiger partial charge < -0.3 is 14.5 Å². The van der Waals surface area contributed by atoms with Gasteiger partial charge in [-0.2, -0.15) is 0 Å². The van der Waals surface area contributed by atoms with E-state index in [1.807, 2.05) is 49.2 Å². The molecule has 1 amide bonds. The molecule has 1 atom stereocenters. The van der Waals surface area contributed by atoms with Crippen molar-refractivity contribution < 1.29 is 9.53 Å². The van der Waals surface area contributed by atoms with E-state index < -0.39 is 0 Å². The molecule has 4 nitrogen and oxygen atoms in total. The van der Waals surface area contributed by atoms with Crippen LogP contribution >= 0.6 is 11.8 Å². The number of thioether (sulfide) groups is 1. The van der Waals surface area contributed by atoms with Crippen molar-refractivity contribution in [3.05, 3.63) is 60.2 Å². The van der Waals surface area contributed by atoms with Gasteiger partial charge in [-0.3, -0.25) is 4.79 Å². The second-order valence-electron chi connectivity index (χ2n) is 6.53. The normalized spacial score (nSPS) is 15.5. The molecule has 2 aromatic rings. The van der Waals surface area contributed by atoms with Crippen LogP contribution in [0, 0.1) is 0 Å². The van der Waals surface area contributed by atoms with E-state index in [4.69, 9.17) is 4.74 Å². The third kappa shape index (κ3) is 5.02. The molecule has 1 saturated heterocycles. The predicted octanol–water partition coefficient (Wildman–Crippen LogP) is 3.66. The van der Waals surface area contributed by atoms with Crippen LogP contribution in [0.25, 0.3) is 0 Å². The molecule has 0 aliphatic carbocycles. The van der Waals surface area contributed by atoms with Crippen molar-refractivity contribution in [1.82, 2.24) is 4.90 Å². The Labute approximate surface area is 160 Å². The minimum atomic E-state index is -0.102. The summed E-state index contributed by atoms with van der Waals surface area (Å²) in [6.07, 6.45) is 0. The number of carbonyl (C=O) groups is 1. The molecule has 0 saturated carbocycles. The Morgan fingerprint density at radius 1 is 1.12 bits per heavy atom. The molecule has 3 rings (SSSR count). The van der Waals surface area contributed by atoms with Crippen molar-refractivity contribution in [2.75, 3.05) is 38.3 Å². The SMILES string of the molecule is CC(Sc1ccccc1)C(=O)N(C)Cc1ccc(N2CCOCC2)cc1. The van der Waals surface area contributed by atoms with Crippen LogP contribution in [0.2, 0.25) is 0 Å². The van der Waals surface area contributed by atoms with E-state index >= 15 is 0 Å². The second-order valence-corrected chi connectivity index (χ2v) is 7.95. The molecule has 138 valence electrons. The molecule has 0 N–H and O–H groups in total. The number of rotatable bonds is 6. The molecule has 1 unspecified atom stereocenters. The largest absolute Gasteiger partial charge is 0.378 e. The summed E-state index contributed by atoms with van der Waals surface area (Å²) in [5.74, 6) is 0.149. The highest BCUT2D eigenvalue weighted by molar-refractivity contribution is 8.00. The van der Waals surface area contributed by atoms with Gasteiger partial charge in [-0.1, -0.05) is 30.3 Å². The first-order valence-electron chi connectivity index (χ1n) is 9.02. The van der Waals surface area contributed by atoms with E-state index in [2.05, 4.69) is 29.2 Å². The lowest BCUT2D eigenvalue weighted by Gasteiger charge is -2.29. The third-order valence-electron chi connectivity index (χ3n) is 4.51. The zero-order valence-electron chi connectivity index (χ0n) is 15.4. The van der Waals surface area contributed by atoms with Crippen LogP contribution in [0.5, 0.6) is 0 Å². The number of hydrogen-bond donors (Lipinski definition) is 0. The molecule has 0 spiro atoms. The van der Waals surface area contributed by atoms with Gasteiger partial charge >= 0.3 is 0 Å². The van der Waals surface area contributed by atoms with Crippen LogP contribution in [-0.2, 0) is 16.1 Å². The fraction of sp³-hybridized carbons (Fsp3) is 0.381. The van der Waals surface area contributed by atoms with Gasteiger partial charge in [0.15, 0.2) is 0 Å². The molecular weight excluding hydrogens is 344 g/mol. The maximum atomic E-state index is 12.6. The number of anilines is 1. The number of benzene rings is 2. The zero-order valence-corrected chi connectivity index (χ0v) is 16.2. The lowest BCUT2D eigenvalue weighted by molar-refractivity contribution is -0.129. The van der Waals surface area contributed by atoms with Gasteiger partial charge in [0.25, 0.3) is 0 Å². The second kappa shape index (κ2) is 9.10. The molecule has 0 bridgehead atoms. The number of morpholine rings is 1. The number of carbonyl (C=O) groups excluding carboxylic acids is 1. The Bertz CT molecular complexity index is 700. The Morgan fingerprint density at radius 3 is 2.42 bits per heavy atom. The number of nitrogens with zero attached hydrogens (tertiary/aromatic N) is 2. The van der Waals surface area contributed by atoms with E-state index in [1.54, 1.807) is 11.8 Å². The minimum absolute atomic E-state index is 0.102. The van der Waals surface area contributed by atoms with Crippen molar-refractivity contribution in [3.8, 4) is 0 Å². The average molecular weight is 371 g/mol. The number of hydrogen-bond acceptors (Lipinski definition) is 4. The third-order valence-corrected chi connectivity index (χ3v) is 5.61. The zero-order chi connectivity index (χ0) is 18.4. The van der Waals surface area contributed by atoms with E-state index in [1.165, 1.54) is 5.69 Å². The first-order valence-corrected chi connectivity index (χ1v) is 9.90. The highest BCUT2D eigenvalue weighted by Gasteiger charge is 2.19. The van der Waals surface area contributed by atoms with Crippen LogP contribution in [0.4, 0.5) is 5.69 Å². The van der Waals surface area contributed by atoms with Gasteiger partial charge in [-0.15, -0.1) is 11.8 Å². The first kappa shape index (κ1) is 18.8. The van der Waals surface area contributed by atoms with E-state index in [-0.39, 0.29) is 11.2 Å². The van der Waals surface area contributed by atoms with Crippen LogP contribution in [0.1, 0.15) is 12.5 Å². The summed E-state index contributed by atoms with van der Waals surface area (Å²) in [4.78, 5) is 17.9. The van der Waals surface area contributed by atoms with Crippen LogP contribution in [0.15, 0.2) is 59.5 Å². The summed E-state index contributed by atoms with van der Waals surface area (Å²) in [6.45, 7) is 6.05. The van der Waals surface area contributed by atoms with E-state index in [0.29, 0.717) is 6.54 Å². The molecule has 1 aliphatic rings. The van der Waals surface area contributed by atoms with Gasteiger partial charge in [0.2, 0.25) is 5.91 Å². The first-order chi connectivity index (χ1) is 12.6. The standard InChI is InChI=1S/C21H26N2O2S/c1-17(26-20-6-4-3-5-7-20)21(24)22(2)16-18-8-10-19(11-9-18)23-12-14-25-15-13-23/h3-11,17H,12-16H2,1-2H3. The quantitative estimate of drug-likeness (QED) is 0.727. The monoisotopic (exact) mass is 370 g/mol. The summed E-state index contributed by atoms with van der Waals surface area (Å²) >= 11 is 1.60. The van der Waals surface area contributed by atoms with Gasteiger partial charge in [-0.25, -0.2) is 0 Å². The van der Waals surface area contributed by atoms with Crippen molar-refractivity contribution >= 4 is 23.4 Å². The fourth-order valence-electron chi connectivity index (χ4n) is 3.05. The topological polar surface area (TPSA) is 32.8 Å². The van der Waals surface area contributed by atoms with Crippen molar-refractivity contribution in [1.29, 1.82) is 0 Å². The van der Waals surface area contributed by atoms with Gasteiger partial charge in [-0.05, 0) is 36.8 Å². The molecule has 1 fully saturated rings. The average Bonchev–Trinajstić information content (AvgIpc) is 2.69. The number of amides is 1. The molecule has 1 heterocycles. The lowest BCUT2D eigenvalue weighted by atomic mass is 10.1. The summed E-state index contributed by atoms with van der Waals surface area (Å²) in [5, 5.41) is -0.102. The smallest absolute Gasteiger partial charge is 0.235 e. The van der Waals surface area contributed by atoms with E-state index in [9.17, 15) is 4.79 Å². The molecule has 26 heavy (non-hydrogen) atoms. The summed E-state index contributed by atoms with van der Waals surface area (Å²) in [7, 11) is 1.88. The predicted molar refractivity (Wildman–Crippen MR) is 108 cm³/mol. The van der Waals surface area contributed by atoms with Crippen LogP contribution in [-0.4, -0.2) is 49.4 Å². The molecule has 0 radical (unpaired) electrons. The Hall–Kier alpha value is -1.98.